The normalized spacial score (nSPS) is 18.0. The van der Waals surface area contributed by atoms with Crippen molar-refractivity contribution in [3.63, 3.8) is 0 Å². The van der Waals surface area contributed by atoms with Gasteiger partial charge in [0.2, 0.25) is 0 Å². The van der Waals surface area contributed by atoms with Gasteiger partial charge in [0, 0.05) is 63.3 Å². The van der Waals surface area contributed by atoms with Crippen molar-refractivity contribution in [2.75, 3.05) is 26.2 Å². The van der Waals surface area contributed by atoms with Crippen LogP contribution >= 0.6 is 0 Å². The fourth-order valence-corrected chi connectivity index (χ4v) is 5.38. The van der Waals surface area contributed by atoms with Gasteiger partial charge in [-0.1, -0.05) is 36.4 Å². The first kappa shape index (κ1) is 25.4. The van der Waals surface area contributed by atoms with Crippen LogP contribution in [0.4, 0.5) is 0 Å². The summed E-state index contributed by atoms with van der Waals surface area (Å²) in [6.07, 6.45) is 7.95. The van der Waals surface area contributed by atoms with Crippen LogP contribution < -0.4 is 10.1 Å². The predicted molar refractivity (Wildman–Crippen MR) is 147 cm³/mol. The molecule has 0 radical (unpaired) electrons. The SMILES string of the molecule is Cc1cc(C(=O)NC2CCN(Cc3ccccc3)CC2)ccc1OC1CCN(Cc2cccnc2)CC1. The van der Waals surface area contributed by atoms with Crippen LogP contribution in [0.3, 0.4) is 0 Å². The molecule has 2 aromatic carbocycles. The molecule has 2 aliphatic heterocycles. The van der Waals surface area contributed by atoms with E-state index in [1.165, 1.54) is 11.1 Å². The van der Waals surface area contributed by atoms with Crippen LogP contribution in [0.1, 0.15) is 52.7 Å². The van der Waals surface area contributed by atoms with Crippen LogP contribution in [-0.4, -0.2) is 59.0 Å². The van der Waals surface area contributed by atoms with Crippen LogP contribution in [0.2, 0.25) is 0 Å². The van der Waals surface area contributed by atoms with E-state index < -0.39 is 0 Å². The number of rotatable bonds is 8. The largest absolute Gasteiger partial charge is 0.490 e. The molecular weight excluding hydrogens is 460 g/mol. The fourth-order valence-electron chi connectivity index (χ4n) is 5.38. The average molecular weight is 499 g/mol. The van der Waals surface area contributed by atoms with E-state index in [9.17, 15) is 4.79 Å². The molecule has 2 aliphatic rings. The lowest BCUT2D eigenvalue weighted by Gasteiger charge is -2.32. The van der Waals surface area contributed by atoms with Gasteiger partial charge < -0.3 is 10.1 Å². The molecule has 0 aliphatic carbocycles. The van der Waals surface area contributed by atoms with E-state index in [1.807, 2.05) is 43.6 Å². The summed E-state index contributed by atoms with van der Waals surface area (Å²) < 4.78 is 6.35. The molecule has 1 amide bonds. The van der Waals surface area contributed by atoms with Gasteiger partial charge in [-0.25, -0.2) is 0 Å². The molecule has 3 aromatic rings. The third kappa shape index (κ3) is 7.18. The smallest absolute Gasteiger partial charge is 0.251 e. The second-order valence-corrected chi connectivity index (χ2v) is 10.4. The minimum Gasteiger partial charge on any atom is -0.490 e. The molecule has 1 aromatic heterocycles. The van der Waals surface area contributed by atoms with Crippen molar-refractivity contribution >= 4 is 5.91 Å². The van der Waals surface area contributed by atoms with Gasteiger partial charge in [-0.05, 0) is 73.6 Å². The summed E-state index contributed by atoms with van der Waals surface area (Å²) in [7, 11) is 0. The van der Waals surface area contributed by atoms with Gasteiger partial charge in [-0.3, -0.25) is 19.6 Å². The number of aryl methyl sites for hydroxylation is 1. The van der Waals surface area contributed by atoms with E-state index >= 15 is 0 Å². The molecule has 2 saturated heterocycles. The summed E-state index contributed by atoms with van der Waals surface area (Å²) in [4.78, 5) is 22.1. The monoisotopic (exact) mass is 498 g/mol. The Kier molecular flexibility index (Phi) is 8.49. The predicted octanol–water partition coefficient (Wildman–Crippen LogP) is 4.83. The molecule has 194 valence electrons. The Balaban J connectivity index is 1.06. The number of piperidine rings is 2. The van der Waals surface area contributed by atoms with E-state index in [0.717, 1.165) is 76.3 Å². The van der Waals surface area contributed by atoms with E-state index in [1.54, 1.807) is 0 Å². The van der Waals surface area contributed by atoms with Crippen LogP contribution in [-0.2, 0) is 13.1 Å². The number of pyridine rings is 1. The van der Waals surface area contributed by atoms with E-state index in [0.29, 0.717) is 5.56 Å². The molecule has 0 bridgehead atoms. The number of likely N-dealkylation sites (tertiary alicyclic amines) is 2. The highest BCUT2D eigenvalue weighted by molar-refractivity contribution is 5.94. The third-order valence-electron chi connectivity index (χ3n) is 7.57. The maximum atomic E-state index is 12.9. The highest BCUT2D eigenvalue weighted by atomic mass is 16.5. The second kappa shape index (κ2) is 12.3. The summed E-state index contributed by atoms with van der Waals surface area (Å²) in [6, 6.07) is 20.8. The number of nitrogens with one attached hydrogen (secondary N) is 1. The zero-order chi connectivity index (χ0) is 25.5. The molecule has 37 heavy (non-hydrogen) atoms. The van der Waals surface area contributed by atoms with Crippen molar-refractivity contribution in [2.45, 2.75) is 57.8 Å². The zero-order valence-electron chi connectivity index (χ0n) is 21.8. The molecule has 0 spiro atoms. The Hall–Kier alpha value is -3.22. The number of amides is 1. The third-order valence-corrected chi connectivity index (χ3v) is 7.57. The summed E-state index contributed by atoms with van der Waals surface area (Å²) >= 11 is 0. The Morgan fingerprint density at radius 3 is 2.24 bits per heavy atom. The average Bonchev–Trinajstić information content (AvgIpc) is 2.93. The maximum absolute atomic E-state index is 12.9. The Morgan fingerprint density at radius 2 is 1.57 bits per heavy atom. The molecule has 0 saturated carbocycles. The summed E-state index contributed by atoms with van der Waals surface area (Å²) in [5.41, 5.74) is 4.33. The van der Waals surface area contributed by atoms with Crippen molar-refractivity contribution in [3.05, 3.63) is 95.3 Å². The number of hydrogen-bond donors (Lipinski definition) is 1. The minimum atomic E-state index is 0.0138. The minimum absolute atomic E-state index is 0.0138. The van der Waals surface area contributed by atoms with Crippen LogP contribution in [0.5, 0.6) is 5.75 Å². The maximum Gasteiger partial charge on any atom is 0.251 e. The molecule has 0 atom stereocenters. The topological polar surface area (TPSA) is 57.7 Å². The van der Waals surface area contributed by atoms with E-state index in [-0.39, 0.29) is 18.1 Å². The molecule has 1 N–H and O–H groups in total. The lowest BCUT2D eigenvalue weighted by Crippen LogP contribution is -2.44. The molecule has 6 nitrogen and oxygen atoms in total. The van der Waals surface area contributed by atoms with Gasteiger partial charge in [0.05, 0.1) is 0 Å². The summed E-state index contributed by atoms with van der Waals surface area (Å²) in [5, 5.41) is 3.26. The Bertz CT molecular complexity index is 1140. The number of nitrogens with zero attached hydrogens (tertiary/aromatic N) is 3. The van der Waals surface area contributed by atoms with Gasteiger partial charge >= 0.3 is 0 Å². The first-order chi connectivity index (χ1) is 18.1. The van der Waals surface area contributed by atoms with Crippen molar-refractivity contribution in [3.8, 4) is 5.75 Å². The van der Waals surface area contributed by atoms with Gasteiger partial charge in [-0.15, -0.1) is 0 Å². The van der Waals surface area contributed by atoms with E-state index in [4.69, 9.17) is 4.74 Å². The highest BCUT2D eigenvalue weighted by Crippen LogP contribution is 2.25. The summed E-state index contributed by atoms with van der Waals surface area (Å²) in [5.74, 6) is 0.899. The highest BCUT2D eigenvalue weighted by Gasteiger charge is 2.23. The first-order valence-corrected chi connectivity index (χ1v) is 13.6. The standard InChI is InChI=1S/C31H38N4O2/c1-24-20-27(31(36)33-28-11-16-34(17-12-28)22-25-6-3-2-4-7-25)9-10-30(24)37-29-13-18-35(19-14-29)23-26-8-5-15-32-21-26/h2-10,15,20-21,28-29H,11-14,16-19,22-23H2,1H3,(H,33,36). The van der Waals surface area contributed by atoms with Gasteiger partial charge in [-0.2, -0.15) is 0 Å². The zero-order valence-corrected chi connectivity index (χ0v) is 21.8. The number of carbonyl (C=O) groups is 1. The molecular formula is C31H38N4O2. The van der Waals surface area contributed by atoms with Crippen molar-refractivity contribution < 1.29 is 9.53 Å². The first-order valence-electron chi connectivity index (χ1n) is 13.6. The van der Waals surface area contributed by atoms with Crippen molar-refractivity contribution in [2.24, 2.45) is 0 Å². The Morgan fingerprint density at radius 1 is 0.892 bits per heavy atom. The van der Waals surface area contributed by atoms with Gasteiger partial charge in [0.15, 0.2) is 0 Å². The lowest BCUT2D eigenvalue weighted by atomic mass is 10.0. The molecule has 6 heteroatoms. The molecule has 0 unspecified atom stereocenters. The fraction of sp³-hybridized carbons (Fsp3) is 0.419. The van der Waals surface area contributed by atoms with Crippen molar-refractivity contribution in [1.29, 1.82) is 0 Å². The van der Waals surface area contributed by atoms with E-state index in [2.05, 4.69) is 56.5 Å². The van der Waals surface area contributed by atoms with Gasteiger partial charge in [0.1, 0.15) is 11.9 Å². The number of aromatic nitrogens is 1. The molecule has 5 rings (SSSR count). The number of hydrogen-bond acceptors (Lipinski definition) is 5. The quantitative estimate of drug-likeness (QED) is 0.482. The van der Waals surface area contributed by atoms with Crippen LogP contribution in [0.15, 0.2) is 73.1 Å². The van der Waals surface area contributed by atoms with Crippen LogP contribution in [0, 0.1) is 6.92 Å². The lowest BCUT2D eigenvalue weighted by molar-refractivity contribution is 0.0907. The number of carbonyl (C=O) groups excluding carboxylic acids is 1. The molecule has 2 fully saturated rings. The van der Waals surface area contributed by atoms with Crippen LogP contribution in [0.25, 0.3) is 0 Å². The number of benzene rings is 2. The second-order valence-electron chi connectivity index (χ2n) is 10.4. The summed E-state index contributed by atoms with van der Waals surface area (Å²) in [6.45, 7) is 8.00. The molecule has 3 heterocycles. The van der Waals surface area contributed by atoms with Gasteiger partial charge in [0.25, 0.3) is 5.91 Å². The Labute approximate surface area is 220 Å². The van der Waals surface area contributed by atoms with Crippen molar-refractivity contribution in [1.82, 2.24) is 20.1 Å². The number of ether oxygens (including phenoxy) is 1.